The Labute approximate surface area is 292 Å². The first-order chi connectivity index (χ1) is 24.2. The van der Waals surface area contributed by atoms with Crippen LogP contribution in [0.25, 0.3) is 60.7 Å². The first-order valence-corrected chi connectivity index (χ1v) is 14.8. The normalized spacial score (nSPS) is 13.6. The number of aromatic nitrogens is 4. The zero-order chi connectivity index (χ0) is 36.2. The van der Waals surface area contributed by atoms with Gasteiger partial charge in [-0.3, -0.25) is 4.98 Å². The fourth-order valence-corrected chi connectivity index (χ4v) is 6.03. The fraction of sp³-hybridized carbons (Fsp3) is 0.146. The maximum absolute atomic E-state index is 7.58. The van der Waals surface area contributed by atoms with E-state index in [0.29, 0.717) is 11.3 Å². The van der Waals surface area contributed by atoms with Gasteiger partial charge in [0.1, 0.15) is 5.65 Å². The molecule has 46 heavy (non-hydrogen) atoms. The molecule has 0 bridgehead atoms. The number of aryl methyl sites for hydroxylation is 6. The molecule has 229 valence electrons. The molecule has 5 heteroatoms. The van der Waals surface area contributed by atoms with Gasteiger partial charge in [0.05, 0.1) is 11.2 Å². The molecule has 4 nitrogen and oxygen atoms in total. The van der Waals surface area contributed by atoms with Crippen molar-refractivity contribution < 1.29 is 28.3 Å². The summed E-state index contributed by atoms with van der Waals surface area (Å²) >= 11 is 0. The molecular weight excluding hydrogens is 741 g/mol. The Bertz CT molecular complexity index is 2590. The second-order valence-electron chi connectivity index (χ2n) is 11.3. The van der Waals surface area contributed by atoms with E-state index in [1.54, 1.807) is 0 Å². The second kappa shape index (κ2) is 12.6. The second-order valence-corrected chi connectivity index (χ2v) is 11.3. The summed E-state index contributed by atoms with van der Waals surface area (Å²) in [6.45, 7) is 2.99. The zero-order valence-corrected chi connectivity index (χ0v) is 28.3. The van der Waals surface area contributed by atoms with E-state index in [1.165, 1.54) is 17.2 Å². The summed E-state index contributed by atoms with van der Waals surface area (Å²) in [5.74, 6) is 0. The third-order valence-electron chi connectivity index (χ3n) is 8.16. The van der Waals surface area contributed by atoms with Crippen molar-refractivity contribution in [3.05, 3.63) is 143 Å². The molecule has 0 amide bonds. The van der Waals surface area contributed by atoms with E-state index in [1.807, 2.05) is 44.2 Å². The van der Waals surface area contributed by atoms with Crippen molar-refractivity contribution in [2.75, 3.05) is 0 Å². The number of imidazole rings is 1. The standard InChI is InChI=1S/C26H18N3.C15H16N.Ir/c1-16-17(2)29-22-15-9-7-13-20(22)25-24(26(29)27-16)23(18-10-4-3-5-11-18)19-12-6-8-14-21(19)28-25;1-10-5-11(2)7-14(6-10)15-8-12(3)13(4)9-16-15;/h3-12,14-15H,1-2H3;5-6,8-9H,1-4H3;/q2*-1;/i;3D3,4D3;. The van der Waals surface area contributed by atoms with Crippen LogP contribution in [0.3, 0.4) is 0 Å². The van der Waals surface area contributed by atoms with Crippen LogP contribution in [-0.4, -0.2) is 19.4 Å². The minimum Gasteiger partial charge on any atom is -0.339 e. The monoisotopic (exact) mass is 781 g/mol. The first kappa shape index (κ1) is 24.5. The molecular formula is C41H34IrN4-2. The summed E-state index contributed by atoms with van der Waals surface area (Å²) in [4.78, 5) is 14.2. The largest absolute Gasteiger partial charge is 0.339 e. The molecule has 0 unspecified atom stereocenters. The van der Waals surface area contributed by atoms with Crippen LogP contribution < -0.4 is 0 Å². The van der Waals surface area contributed by atoms with Crippen LogP contribution in [0, 0.1) is 53.5 Å². The Morgan fingerprint density at radius 2 is 1.59 bits per heavy atom. The molecule has 0 atom stereocenters. The summed E-state index contributed by atoms with van der Waals surface area (Å²) in [6.07, 6.45) is 1.13. The van der Waals surface area contributed by atoms with Crippen molar-refractivity contribution in [1.29, 1.82) is 0 Å². The van der Waals surface area contributed by atoms with Crippen LogP contribution in [0.2, 0.25) is 0 Å². The molecule has 8 aromatic rings. The third kappa shape index (κ3) is 5.51. The summed E-state index contributed by atoms with van der Waals surface area (Å²) in [5.41, 5.74) is 11.1. The van der Waals surface area contributed by atoms with E-state index in [4.69, 9.17) is 18.2 Å². The van der Waals surface area contributed by atoms with Gasteiger partial charge in [-0.2, -0.15) is 0 Å². The van der Waals surface area contributed by atoms with Gasteiger partial charge >= 0.3 is 0 Å². The van der Waals surface area contributed by atoms with Gasteiger partial charge < -0.3 is 9.38 Å². The van der Waals surface area contributed by atoms with Crippen LogP contribution in [0.1, 0.15) is 41.9 Å². The van der Waals surface area contributed by atoms with Crippen LogP contribution in [-0.2, 0) is 20.1 Å². The quantitative estimate of drug-likeness (QED) is 0.0997. The molecule has 0 aliphatic carbocycles. The summed E-state index contributed by atoms with van der Waals surface area (Å²) < 4.78 is 47.4. The molecule has 0 saturated heterocycles. The van der Waals surface area contributed by atoms with Crippen molar-refractivity contribution in [2.45, 2.75) is 41.4 Å². The average Bonchev–Trinajstić information content (AvgIpc) is 3.40. The van der Waals surface area contributed by atoms with Gasteiger partial charge in [-0.15, -0.1) is 64.5 Å². The number of benzene rings is 4. The van der Waals surface area contributed by atoms with Gasteiger partial charge in [0.15, 0.2) is 0 Å². The number of hydrogen-bond donors (Lipinski definition) is 0. The molecule has 0 fully saturated rings. The van der Waals surface area contributed by atoms with Crippen molar-refractivity contribution in [3.8, 4) is 22.4 Å². The van der Waals surface area contributed by atoms with Crippen LogP contribution in [0.4, 0.5) is 0 Å². The van der Waals surface area contributed by atoms with Gasteiger partial charge in [-0.05, 0) is 61.5 Å². The SMILES string of the molecule is Cc1nc2c3c(-c4ccccc4)c4ccccc4nc3c3[c-]cccc3n2c1C.[2H]C([2H])([2H])c1cnc(-c2[c-]c(C)cc(C)c2)cc1C([2H])([2H])[2H].[Ir]. The Morgan fingerprint density at radius 3 is 2.37 bits per heavy atom. The summed E-state index contributed by atoms with van der Waals surface area (Å²) in [6, 6.07) is 36.7. The van der Waals surface area contributed by atoms with E-state index in [0.717, 1.165) is 67.1 Å². The molecule has 4 aromatic carbocycles. The van der Waals surface area contributed by atoms with Gasteiger partial charge in [-0.1, -0.05) is 74.0 Å². The topological polar surface area (TPSA) is 43.1 Å². The van der Waals surface area contributed by atoms with Gasteiger partial charge in [0.25, 0.3) is 0 Å². The Morgan fingerprint density at radius 1 is 0.804 bits per heavy atom. The molecule has 8 rings (SSSR count). The van der Waals surface area contributed by atoms with E-state index < -0.39 is 13.7 Å². The summed E-state index contributed by atoms with van der Waals surface area (Å²) in [5, 5.41) is 3.25. The Kier molecular flexibility index (Phi) is 6.71. The zero-order valence-electron chi connectivity index (χ0n) is 31.9. The number of nitrogens with zero attached hydrogens (tertiary/aromatic N) is 4. The number of pyridine rings is 3. The van der Waals surface area contributed by atoms with E-state index in [-0.39, 0.29) is 31.2 Å². The maximum atomic E-state index is 7.58. The minimum absolute atomic E-state index is 0. The molecule has 4 aromatic heterocycles. The molecule has 0 spiro atoms. The predicted molar refractivity (Wildman–Crippen MR) is 187 cm³/mol. The van der Waals surface area contributed by atoms with Crippen LogP contribution >= 0.6 is 0 Å². The van der Waals surface area contributed by atoms with Crippen molar-refractivity contribution in [1.82, 2.24) is 19.4 Å². The predicted octanol–water partition coefficient (Wildman–Crippen LogP) is 10.1. The average molecular weight is 781 g/mol. The van der Waals surface area contributed by atoms with E-state index in [2.05, 4.69) is 90.0 Å². The number of para-hydroxylation sites is 1. The summed E-state index contributed by atoms with van der Waals surface area (Å²) in [7, 11) is 0. The smallest absolute Gasteiger partial charge is 0.129 e. The Balaban J connectivity index is 0.000000183. The molecule has 0 aliphatic heterocycles. The number of hydrogen-bond acceptors (Lipinski definition) is 3. The van der Waals surface area contributed by atoms with E-state index in [9.17, 15) is 0 Å². The van der Waals surface area contributed by atoms with Crippen molar-refractivity contribution >= 4 is 38.4 Å². The fourth-order valence-electron chi connectivity index (χ4n) is 6.03. The maximum Gasteiger partial charge on any atom is 0.129 e. The van der Waals surface area contributed by atoms with Crippen LogP contribution in [0.15, 0.2) is 97.2 Å². The molecule has 0 N–H and O–H groups in total. The van der Waals surface area contributed by atoms with Gasteiger partial charge in [0, 0.05) is 56.5 Å². The van der Waals surface area contributed by atoms with Gasteiger partial charge in [0.2, 0.25) is 0 Å². The number of fused-ring (bicyclic) bond motifs is 7. The van der Waals surface area contributed by atoms with Crippen molar-refractivity contribution in [3.63, 3.8) is 0 Å². The first-order valence-electron chi connectivity index (χ1n) is 17.8. The molecule has 0 aliphatic rings. The molecule has 0 saturated carbocycles. The molecule has 1 radical (unpaired) electrons. The Hall–Kier alpha value is -4.70. The van der Waals surface area contributed by atoms with Crippen molar-refractivity contribution in [2.24, 2.45) is 0 Å². The molecule has 4 heterocycles. The van der Waals surface area contributed by atoms with Gasteiger partial charge in [-0.25, -0.2) is 4.98 Å². The minimum atomic E-state index is -2.51. The van der Waals surface area contributed by atoms with Crippen LogP contribution in [0.5, 0.6) is 0 Å². The number of rotatable bonds is 2. The van der Waals surface area contributed by atoms with E-state index >= 15 is 0 Å². The third-order valence-corrected chi connectivity index (χ3v) is 8.16.